The second kappa shape index (κ2) is 6.76. The van der Waals surface area contributed by atoms with Gasteiger partial charge in [0.05, 0.1) is 17.8 Å². The molecule has 0 N–H and O–H groups in total. The molecule has 3 heterocycles. The van der Waals surface area contributed by atoms with E-state index in [4.69, 9.17) is 4.74 Å². The Kier molecular flexibility index (Phi) is 4.19. The number of carbonyl (C=O) groups excluding carboxylic acids is 1. The predicted molar refractivity (Wildman–Crippen MR) is 112 cm³/mol. The fraction of sp³-hybridized carbons (Fsp3) is 0.333. The Morgan fingerprint density at radius 2 is 1.97 bits per heavy atom. The van der Waals surface area contributed by atoms with E-state index in [0.29, 0.717) is 12.1 Å². The van der Waals surface area contributed by atoms with Crippen LogP contribution < -0.4 is 4.74 Å². The lowest BCUT2D eigenvalue weighted by Crippen LogP contribution is -2.33. The summed E-state index contributed by atoms with van der Waals surface area (Å²) >= 11 is 0. The van der Waals surface area contributed by atoms with Crippen LogP contribution in [-0.4, -0.2) is 39.3 Å². The van der Waals surface area contributed by atoms with Gasteiger partial charge in [-0.15, -0.1) is 0 Å². The highest BCUT2D eigenvalue weighted by molar-refractivity contribution is 5.98. The minimum Gasteiger partial charge on any atom is -0.487 e. The number of benzene rings is 2. The second-order valence-corrected chi connectivity index (χ2v) is 8.24. The maximum Gasteiger partial charge on any atom is 0.258 e. The van der Waals surface area contributed by atoms with Crippen LogP contribution in [-0.2, 0) is 6.42 Å². The van der Waals surface area contributed by atoms with Crippen molar-refractivity contribution in [2.24, 2.45) is 0 Å². The lowest BCUT2D eigenvalue weighted by atomic mass is 9.93. The minimum absolute atomic E-state index is 0.103. The van der Waals surface area contributed by atoms with Crippen molar-refractivity contribution in [1.82, 2.24) is 14.7 Å². The highest BCUT2D eigenvalue weighted by Crippen LogP contribution is 2.37. The molecule has 1 amide bonds. The van der Waals surface area contributed by atoms with Gasteiger partial charge in [0.15, 0.2) is 0 Å². The standard InChI is InChI=1S/C24H25N3O2/c1-15-11-21-14-26(15)24(28)22-13-19(16(2)17(3)23(22)29-21)12-18-5-7-20(8-6-18)27-10-4-9-25-27/h4-10,13,15,21H,11-12,14H2,1-3H3/t15-,21+/m1/s1. The normalized spacial score (nSPS) is 20.4. The van der Waals surface area contributed by atoms with Gasteiger partial charge < -0.3 is 9.64 Å². The molecule has 0 saturated carbocycles. The highest BCUT2D eigenvalue weighted by atomic mass is 16.5. The number of nitrogens with zero attached hydrogens (tertiary/aromatic N) is 3. The molecule has 2 atom stereocenters. The van der Waals surface area contributed by atoms with Gasteiger partial charge in [0, 0.05) is 24.9 Å². The average molecular weight is 387 g/mol. The molecule has 1 saturated heterocycles. The van der Waals surface area contributed by atoms with Crippen molar-refractivity contribution in [2.75, 3.05) is 6.54 Å². The summed E-state index contributed by atoms with van der Waals surface area (Å²) in [6, 6.07) is 12.6. The Morgan fingerprint density at radius 3 is 2.69 bits per heavy atom. The molecule has 5 heteroatoms. The quantitative estimate of drug-likeness (QED) is 0.680. The fourth-order valence-corrected chi connectivity index (χ4v) is 4.53. The molecule has 2 aliphatic heterocycles. The number of rotatable bonds is 3. The van der Waals surface area contributed by atoms with Crippen molar-refractivity contribution in [2.45, 2.75) is 45.8 Å². The van der Waals surface area contributed by atoms with Gasteiger partial charge in [-0.2, -0.15) is 5.10 Å². The number of aromatic nitrogens is 2. The molecule has 148 valence electrons. The molecular formula is C24H25N3O2. The summed E-state index contributed by atoms with van der Waals surface area (Å²) in [6.07, 6.45) is 5.51. The number of fused-ring (bicyclic) bond motifs is 3. The molecule has 3 aromatic rings. The molecule has 2 bridgehead atoms. The summed E-state index contributed by atoms with van der Waals surface area (Å²) in [6.45, 7) is 7.00. The van der Waals surface area contributed by atoms with Gasteiger partial charge in [0.2, 0.25) is 0 Å². The lowest BCUT2D eigenvalue weighted by Gasteiger charge is -2.24. The Balaban J connectivity index is 1.49. The van der Waals surface area contributed by atoms with E-state index in [9.17, 15) is 4.79 Å². The third-order valence-electron chi connectivity index (χ3n) is 6.36. The molecule has 0 radical (unpaired) electrons. The molecule has 1 aromatic heterocycles. The van der Waals surface area contributed by atoms with Crippen LogP contribution in [0.3, 0.4) is 0 Å². The molecule has 1 fully saturated rings. The number of carbonyl (C=O) groups is 1. The fourth-order valence-electron chi connectivity index (χ4n) is 4.53. The number of hydrogen-bond donors (Lipinski definition) is 0. The number of amides is 1. The highest BCUT2D eigenvalue weighted by Gasteiger charge is 2.39. The van der Waals surface area contributed by atoms with E-state index in [1.54, 1.807) is 6.20 Å². The monoisotopic (exact) mass is 387 g/mol. The third kappa shape index (κ3) is 3.01. The van der Waals surface area contributed by atoms with Crippen molar-refractivity contribution in [3.05, 3.63) is 76.6 Å². The van der Waals surface area contributed by atoms with Gasteiger partial charge >= 0.3 is 0 Å². The molecule has 2 aliphatic rings. The molecular weight excluding hydrogens is 362 g/mol. The summed E-state index contributed by atoms with van der Waals surface area (Å²) < 4.78 is 8.14. The second-order valence-electron chi connectivity index (χ2n) is 8.24. The summed E-state index contributed by atoms with van der Waals surface area (Å²) in [5, 5.41) is 4.28. The number of ether oxygens (including phenoxy) is 1. The Bertz CT molecular complexity index is 1070. The zero-order chi connectivity index (χ0) is 20.1. The van der Waals surface area contributed by atoms with Crippen molar-refractivity contribution >= 4 is 5.91 Å². The number of hydrogen-bond acceptors (Lipinski definition) is 3. The van der Waals surface area contributed by atoms with Crippen LogP contribution in [0.1, 0.15) is 46.0 Å². The molecule has 29 heavy (non-hydrogen) atoms. The smallest absolute Gasteiger partial charge is 0.258 e. The predicted octanol–water partition coefficient (Wildman–Crippen LogP) is 4.08. The molecule has 5 rings (SSSR count). The summed E-state index contributed by atoms with van der Waals surface area (Å²) in [5.41, 5.74) is 6.42. The SMILES string of the molecule is Cc1c(Cc2ccc(-n3cccn3)cc2)cc2c(c1C)O[C@H]1C[C@@H](C)N(C1)C2=O. The van der Waals surface area contributed by atoms with E-state index in [1.165, 1.54) is 16.7 Å². The first-order valence-corrected chi connectivity index (χ1v) is 10.2. The van der Waals surface area contributed by atoms with Crippen LogP contribution in [0.25, 0.3) is 5.69 Å². The van der Waals surface area contributed by atoms with E-state index < -0.39 is 0 Å². The van der Waals surface area contributed by atoms with Crippen molar-refractivity contribution < 1.29 is 9.53 Å². The first-order chi connectivity index (χ1) is 14.0. The summed E-state index contributed by atoms with van der Waals surface area (Å²) in [5.74, 6) is 0.885. The van der Waals surface area contributed by atoms with Crippen LogP contribution in [0.5, 0.6) is 5.75 Å². The van der Waals surface area contributed by atoms with E-state index in [-0.39, 0.29) is 18.1 Å². The van der Waals surface area contributed by atoms with Gasteiger partial charge in [0.25, 0.3) is 5.91 Å². The molecule has 0 spiro atoms. The summed E-state index contributed by atoms with van der Waals surface area (Å²) in [4.78, 5) is 15.2. The topological polar surface area (TPSA) is 47.4 Å². The maximum atomic E-state index is 13.2. The van der Waals surface area contributed by atoms with Crippen LogP contribution in [0.15, 0.2) is 48.8 Å². The molecule has 0 aliphatic carbocycles. The van der Waals surface area contributed by atoms with Crippen LogP contribution in [0, 0.1) is 13.8 Å². The largest absolute Gasteiger partial charge is 0.487 e. The average Bonchev–Trinajstić information content (AvgIpc) is 3.35. The zero-order valence-electron chi connectivity index (χ0n) is 17.1. The van der Waals surface area contributed by atoms with Crippen LogP contribution in [0.4, 0.5) is 0 Å². The maximum absolute atomic E-state index is 13.2. The van der Waals surface area contributed by atoms with E-state index in [2.05, 4.69) is 56.2 Å². The van der Waals surface area contributed by atoms with Crippen molar-refractivity contribution in [3.63, 3.8) is 0 Å². The van der Waals surface area contributed by atoms with Gasteiger partial charge in [-0.1, -0.05) is 12.1 Å². The lowest BCUT2D eigenvalue weighted by molar-refractivity contribution is 0.0748. The van der Waals surface area contributed by atoms with Crippen LogP contribution >= 0.6 is 0 Å². The van der Waals surface area contributed by atoms with Crippen LogP contribution in [0.2, 0.25) is 0 Å². The minimum atomic E-state index is 0.103. The van der Waals surface area contributed by atoms with E-state index >= 15 is 0 Å². The first kappa shape index (κ1) is 18.0. The van der Waals surface area contributed by atoms with Gasteiger partial charge in [-0.3, -0.25) is 4.79 Å². The molecule has 5 nitrogen and oxygen atoms in total. The van der Waals surface area contributed by atoms with E-state index in [1.807, 2.05) is 21.8 Å². The third-order valence-corrected chi connectivity index (χ3v) is 6.36. The Hall–Kier alpha value is -3.08. The Morgan fingerprint density at radius 1 is 1.17 bits per heavy atom. The van der Waals surface area contributed by atoms with Crippen molar-refractivity contribution in [3.8, 4) is 11.4 Å². The molecule has 0 unspecified atom stereocenters. The van der Waals surface area contributed by atoms with E-state index in [0.717, 1.165) is 29.8 Å². The Labute approximate surface area is 170 Å². The zero-order valence-corrected chi connectivity index (χ0v) is 17.1. The summed E-state index contributed by atoms with van der Waals surface area (Å²) in [7, 11) is 0. The van der Waals surface area contributed by atoms with Gasteiger partial charge in [-0.05, 0) is 73.7 Å². The first-order valence-electron chi connectivity index (χ1n) is 10.2. The van der Waals surface area contributed by atoms with Crippen molar-refractivity contribution in [1.29, 1.82) is 0 Å². The molecule has 2 aromatic carbocycles. The van der Waals surface area contributed by atoms with Gasteiger partial charge in [0.1, 0.15) is 11.9 Å². The van der Waals surface area contributed by atoms with Gasteiger partial charge in [-0.25, -0.2) is 4.68 Å².